The number of urea groups is 1. The summed E-state index contributed by atoms with van der Waals surface area (Å²) < 4.78 is 30.3. The second-order valence-electron chi connectivity index (χ2n) is 11.7. The van der Waals surface area contributed by atoms with E-state index in [4.69, 9.17) is 4.98 Å². The molecule has 196 valence electrons. The highest BCUT2D eigenvalue weighted by Crippen LogP contribution is 2.44. The minimum absolute atomic E-state index is 0.0478. The number of rotatable bonds is 5. The molecular formula is C26H41F2N5OS. The molecule has 9 heteroatoms. The van der Waals surface area contributed by atoms with E-state index in [-0.39, 0.29) is 23.9 Å². The molecule has 1 N–H and O–H groups in total. The average molecular weight is 510 g/mol. The number of nitrogens with one attached hydrogen (secondary N) is 1. The van der Waals surface area contributed by atoms with Crippen molar-refractivity contribution in [3.05, 3.63) is 16.1 Å². The van der Waals surface area contributed by atoms with Crippen molar-refractivity contribution in [2.75, 3.05) is 39.3 Å². The maximum Gasteiger partial charge on any atom is 0.317 e. The summed E-state index contributed by atoms with van der Waals surface area (Å²) in [4.78, 5) is 24.5. The number of hydrogen-bond acceptors (Lipinski definition) is 5. The Hall–Kier alpha value is -1.32. The van der Waals surface area contributed by atoms with Crippen LogP contribution in [-0.4, -0.2) is 89.0 Å². The third-order valence-corrected chi connectivity index (χ3v) is 9.91. The number of carbonyl (C=O) groups excluding carboxylic acids is 1. The van der Waals surface area contributed by atoms with Crippen LogP contribution >= 0.6 is 11.3 Å². The molecule has 0 radical (unpaired) electrons. The van der Waals surface area contributed by atoms with E-state index in [9.17, 15) is 4.79 Å². The Kier molecular flexibility index (Phi) is 7.14. The molecule has 0 aromatic carbocycles. The Morgan fingerprint density at radius 3 is 2.40 bits per heavy atom. The number of nitrogens with zero attached hydrogens (tertiary/aromatic N) is 4. The summed E-state index contributed by atoms with van der Waals surface area (Å²) in [6, 6.07) is -1.29. The molecule has 4 fully saturated rings. The van der Waals surface area contributed by atoms with E-state index in [1.54, 1.807) is 16.2 Å². The van der Waals surface area contributed by atoms with E-state index >= 15 is 8.78 Å². The van der Waals surface area contributed by atoms with Crippen LogP contribution in [-0.2, 0) is 5.41 Å². The van der Waals surface area contributed by atoms with Crippen LogP contribution in [0.1, 0.15) is 82.3 Å². The van der Waals surface area contributed by atoms with E-state index < -0.39 is 12.0 Å². The Balaban J connectivity index is 1.20. The van der Waals surface area contributed by atoms with Crippen molar-refractivity contribution in [3.8, 4) is 0 Å². The predicted molar refractivity (Wildman–Crippen MR) is 135 cm³/mol. The van der Waals surface area contributed by atoms with Crippen molar-refractivity contribution >= 4 is 17.4 Å². The normalized spacial score (nSPS) is 29.9. The molecular weight excluding hydrogens is 468 g/mol. The first-order valence-electron chi connectivity index (χ1n) is 13.5. The van der Waals surface area contributed by atoms with Crippen molar-refractivity contribution in [1.82, 2.24) is 25.0 Å². The zero-order valence-electron chi connectivity index (χ0n) is 21.4. The fraction of sp³-hybridized carbons (Fsp3) is 0.846. The van der Waals surface area contributed by atoms with Gasteiger partial charge in [0.05, 0.1) is 10.7 Å². The van der Waals surface area contributed by atoms with E-state index in [1.807, 2.05) is 0 Å². The van der Waals surface area contributed by atoms with Gasteiger partial charge in [-0.05, 0) is 52.4 Å². The first-order valence-corrected chi connectivity index (χ1v) is 14.4. The van der Waals surface area contributed by atoms with Crippen LogP contribution in [0, 0.1) is 0 Å². The maximum atomic E-state index is 15.1. The number of likely N-dealkylation sites (tertiary alicyclic amines) is 1. The number of carbonyl (C=O) groups is 1. The predicted octanol–water partition coefficient (Wildman–Crippen LogP) is 4.67. The van der Waals surface area contributed by atoms with E-state index in [2.05, 4.69) is 41.3 Å². The lowest BCUT2D eigenvalue weighted by Crippen LogP contribution is -2.66. The van der Waals surface area contributed by atoms with Crippen molar-refractivity contribution in [2.24, 2.45) is 0 Å². The molecule has 2 atom stereocenters. The summed E-state index contributed by atoms with van der Waals surface area (Å²) >= 11 is 1.76. The molecule has 1 aromatic rings. The number of thiazole rings is 1. The third kappa shape index (κ3) is 5.37. The molecule has 3 heterocycles. The first-order chi connectivity index (χ1) is 16.7. The van der Waals surface area contributed by atoms with E-state index in [0.717, 1.165) is 44.7 Å². The van der Waals surface area contributed by atoms with Gasteiger partial charge in [-0.15, -0.1) is 11.3 Å². The molecule has 4 aliphatic rings. The number of amides is 2. The number of hydrogen-bond donors (Lipinski definition) is 1. The average Bonchev–Trinajstić information content (AvgIpc) is 3.56. The lowest BCUT2D eigenvalue weighted by molar-refractivity contribution is -0.0973. The van der Waals surface area contributed by atoms with Gasteiger partial charge in [0.2, 0.25) is 0 Å². The van der Waals surface area contributed by atoms with Crippen LogP contribution in [0.3, 0.4) is 0 Å². The van der Waals surface area contributed by atoms with E-state index in [0.29, 0.717) is 37.9 Å². The molecule has 2 amide bonds. The third-order valence-electron chi connectivity index (χ3n) is 8.90. The monoisotopic (exact) mass is 509 g/mol. The van der Waals surface area contributed by atoms with Crippen molar-refractivity contribution in [3.63, 3.8) is 0 Å². The lowest BCUT2D eigenvalue weighted by atomic mass is 9.78. The van der Waals surface area contributed by atoms with Gasteiger partial charge in [0.25, 0.3) is 5.92 Å². The standard InChI is InChI=1S/C26H41F2N5OS/c1-18(2)31-13-15-32(16-14-31)20-5-4-8-26(27,28)22(20)30-24(34)33-11-9-25(3,10-12-33)21-17-35-23(29-21)19-6-7-19/h17-20,22H,4-16H2,1-3H3,(H,30,34)/t20?,22-/m1/s1. The van der Waals surface area contributed by atoms with E-state index in [1.165, 1.54) is 17.8 Å². The fourth-order valence-corrected chi connectivity index (χ4v) is 7.25. The molecule has 2 saturated carbocycles. The van der Waals surface area contributed by atoms with Crippen LogP contribution in [0.2, 0.25) is 0 Å². The summed E-state index contributed by atoms with van der Waals surface area (Å²) in [5.41, 5.74) is 1.09. The van der Waals surface area contributed by atoms with Crippen LogP contribution in [0.15, 0.2) is 5.38 Å². The molecule has 35 heavy (non-hydrogen) atoms. The van der Waals surface area contributed by atoms with Gasteiger partial charge < -0.3 is 10.2 Å². The van der Waals surface area contributed by atoms with Gasteiger partial charge in [-0.3, -0.25) is 9.80 Å². The van der Waals surface area contributed by atoms with Gasteiger partial charge >= 0.3 is 6.03 Å². The van der Waals surface area contributed by atoms with Gasteiger partial charge in [-0.1, -0.05) is 6.92 Å². The molecule has 5 rings (SSSR count). The summed E-state index contributed by atoms with van der Waals surface area (Å²) in [5.74, 6) is -2.22. The Bertz CT molecular complexity index is 888. The summed E-state index contributed by atoms with van der Waals surface area (Å²) in [7, 11) is 0. The maximum absolute atomic E-state index is 15.1. The molecule has 1 unspecified atom stereocenters. The largest absolute Gasteiger partial charge is 0.328 e. The van der Waals surface area contributed by atoms with Crippen molar-refractivity contribution in [2.45, 2.75) is 101 Å². The number of alkyl halides is 2. The minimum Gasteiger partial charge on any atom is -0.328 e. The minimum atomic E-state index is -2.88. The number of halogens is 2. The first kappa shape index (κ1) is 25.3. The lowest BCUT2D eigenvalue weighted by Gasteiger charge is -2.48. The molecule has 2 aliphatic carbocycles. The van der Waals surface area contributed by atoms with Gasteiger partial charge in [-0.25, -0.2) is 18.6 Å². The summed E-state index contributed by atoms with van der Waals surface area (Å²) in [6.45, 7) is 11.1. The zero-order valence-corrected chi connectivity index (χ0v) is 22.3. The molecule has 0 spiro atoms. The summed E-state index contributed by atoms with van der Waals surface area (Å²) in [5, 5.41) is 6.26. The highest BCUT2D eigenvalue weighted by atomic mass is 32.1. The van der Waals surface area contributed by atoms with Gasteiger partial charge in [0, 0.05) is 74.5 Å². The Morgan fingerprint density at radius 2 is 1.77 bits per heavy atom. The second kappa shape index (κ2) is 9.86. The number of aromatic nitrogens is 1. The topological polar surface area (TPSA) is 51.7 Å². The fourth-order valence-electron chi connectivity index (χ4n) is 6.10. The van der Waals surface area contributed by atoms with Gasteiger partial charge in [-0.2, -0.15) is 0 Å². The number of piperazine rings is 1. The molecule has 6 nitrogen and oxygen atoms in total. The van der Waals surface area contributed by atoms with Crippen LogP contribution < -0.4 is 5.32 Å². The SMILES string of the molecule is CC(C)N1CCN(C2CCCC(F)(F)[C@@H]2NC(=O)N2CCC(C)(c3csc(C4CC4)n3)CC2)CC1. The Labute approximate surface area is 212 Å². The Morgan fingerprint density at radius 1 is 1.09 bits per heavy atom. The smallest absolute Gasteiger partial charge is 0.317 e. The molecule has 1 aromatic heterocycles. The number of piperidine rings is 1. The van der Waals surface area contributed by atoms with Crippen LogP contribution in [0.25, 0.3) is 0 Å². The second-order valence-corrected chi connectivity index (χ2v) is 12.6. The quantitative estimate of drug-likeness (QED) is 0.627. The van der Waals surface area contributed by atoms with Crippen LogP contribution in [0.4, 0.5) is 13.6 Å². The molecule has 2 saturated heterocycles. The van der Waals surface area contributed by atoms with Crippen molar-refractivity contribution in [1.29, 1.82) is 0 Å². The van der Waals surface area contributed by atoms with Crippen LogP contribution in [0.5, 0.6) is 0 Å². The molecule has 2 aliphatic heterocycles. The van der Waals surface area contributed by atoms with Gasteiger partial charge in [0.1, 0.15) is 6.04 Å². The highest BCUT2D eigenvalue weighted by molar-refractivity contribution is 7.09. The summed E-state index contributed by atoms with van der Waals surface area (Å²) in [6.07, 6.45) is 5.20. The molecule has 0 bridgehead atoms. The van der Waals surface area contributed by atoms with Crippen molar-refractivity contribution < 1.29 is 13.6 Å². The van der Waals surface area contributed by atoms with Gasteiger partial charge in [0.15, 0.2) is 0 Å². The highest BCUT2D eigenvalue weighted by Gasteiger charge is 2.50. The zero-order chi connectivity index (χ0) is 24.8.